The first-order chi connectivity index (χ1) is 11.8. The SMILES string of the molecule is COc1ccc2ccccc2c1CN1CCC(NCC2CC2)CC1. The average Bonchev–Trinajstić information content (AvgIpc) is 3.46. The van der Waals surface area contributed by atoms with Gasteiger partial charge in [-0.2, -0.15) is 0 Å². The maximum atomic E-state index is 5.65. The Morgan fingerprint density at radius 2 is 1.83 bits per heavy atom. The molecule has 128 valence electrons. The van der Waals surface area contributed by atoms with Crippen molar-refractivity contribution in [3.05, 3.63) is 42.0 Å². The predicted octanol–water partition coefficient (Wildman–Crippen LogP) is 3.81. The van der Waals surface area contributed by atoms with Crippen molar-refractivity contribution in [2.24, 2.45) is 5.92 Å². The Hall–Kier alpha value is -1.58. The minimum Gasteiger partial charge on any atom is -0.496 e. The molecule has 2 aromatic rings. The van der Waals surface area contributed by atoms with E-state index in [-0.39, 0.29) is 0 Å². The molecule has 0 radical (unpaired) electrons. The molecule has 1 saturated heterocycles. The zero-order valence-electron chi connectivity index (χ0n) is 14.6. The lowest BCUT2D eigenvalue weighted by molar-refractivity contribution is 0.189. The largest absolute Gasteiger partial charge is 0.496 e. The minimum atomic E-state index is 0.719. The lowest BCUT2D eigenvalue weighted by Crippen LogP contribution is -2.42. The topological polar surface area (TPSA) is 24.5 Å². The second-order valence-electron chi connectivity index (χ2n) is 7.37. The molecule has 0 spiro atoms. The molecule has 1 heterocycles. The van der Waals surface area contributed by atoms with Gasteiger partial charge in [-0.15, -0.1) is 0 Å². The summed E-state index contributed by atoms with van der Waals surface area (Å²) in [5.74, 6) is 1.99. The van der Waals surface area contributed by atoms with Crippen molar-refractivity contribution >= 4 is 10.8 Å². The molecule has 1 saturated carbocycles. The summed E-state index contributed by atoms with van der Waals surface area (Å²) in [4.78, 5) is 2.58. The maximum Gasteiger partial charge on any atom is 0.123 e. The Labute approximate surface area is 145 Å². The van der Waals surface area contributed by atoms with E-state index in [1.54, 1.807) is 7.11 Å². The van der Waals surface area contributed by atoms with Crippen molar-refractivity contribution in [1.82, 2.24) is 10.2 Å². The van der Waals surface area contributed by atoms with Crippen LogP contribution >= 0.6 is 0 Å². The summed E-state index contributed by atoms with van der Waals surface area (Å²) >= 11 is 0. The number of hydrogen-bond acceptors (Lipinski definition) is 3. The smallest absolute Gasteiger partial charge is 0.123 e. The first kappa shape index (κ1) is 15.9. The van der Waals surface area contributed by atoms with Gasteiger partial charge < -0.3 is 10.1 Å². The number of hydrogen-bond donors (Lipinski definition) is 1. The normalized spacial score (nSPS) is 19.7. The van der Waals surface area contributed by atoms with Crippen LogP contribution in [0.2, 0.25) is 0 Å². The summed E-state index contributed by atoms with van der Waals surface area (Å²) in [7, 11) is 1.78. The Balaban J connectivity index is 1.42. The molecule has 24 heavy (non-hydrogen) atoms. The third-order valence-corrected chi connectivity index (χ3v) is 5.58. The minimum absolute atomic E-state index is 0.719. The van der Waals surface area contributed by atoms with Crippen molar-refractivity contribution in [1.29, 1.82) is 0 Å². The molecule has 1 aliphatic heterocycles. The third-order valence-electron chi connectivity index (χ3n) is 5.58. The van der Waals surface area contributed by atoms with E-state index in [1.807, 2.05) is 0 Å². The van der Waals surface area contributed by atoms with Gasteiger partial charge in [0, 0.05) is 18.2 Å². The van der Waals surface area contributed by atoms with Gasteiger partial charge in [0.1, 0.15) is 5.75 Å². The number of piperidine rings is 1. The van der Waals surface area contributed by atoms with Crippen LogP contribution in [0.1, 0.15) is 31.2 Å². The highest BCUT2D eigenvalue weighted by Gasteiger charge is 2.25. The summed E-state index contributed by atoms with van der Waals surface area (Å²) in [5.41, 5.74) is 1.33. The molecule has 2 aromatic carbocycles. The first-order valence-corrected chi connectivity index (χ1v) is 9.34. The number of methoxy groups -OCH3 is 1. The van der Waals surface area contributed by atoms with Gasteiger partial charge in [0.25, 0.3) is 0 Å². The first-order valence-electron chi connectivity index (χ1n) is 9.34. The van der Waals surface area contributed by atoms with Crippen molar-refractivity contribution in [2.75, 3.05) is 26.7 Å². The maximum absolute atomic E-state index is 5.65. The monoisotopic (exact) mass is 324 g/mol. The molecule has 1 N–H and O–H groups in total. The fraction of sp³-hybridized carbons (Fsp3) is 0.524. The van der Waals surface area contributed by atoms with E-state index in [0.29, 0.717) is 0 Å². The fourth-order valence-corrected chi connectivity index (χ4v) is 3.84. The van der Waals surface area contributed by atoms with Gasteiger partial charge in [-0.3, -0.25) is 4.90 Å². The van der Waals surface area contributed by atoms with Crippen LogP contribution in [0, 0.1) is 5.92 Å². The summed E-state index contributed by atoms with van der Waals surface area (Å²) in [5, 5.41) is 6.39. The molecule has 0 atom stereocenters. The number of rotatable bonds is 6. The summed E-state index contributed by atoms with van der Waals surface area (Å²) in [6.07, 6.45) is 5.40. The number of likely N-dealkylation sites (tertiary alicyclic amines) is 1. The van der Waals surface area contributed by atoms with Crippen LogP contribution in [-0.4, -0.2) is 37.7 Å². The number of fused-ring (bicyclic) bond motifs is 1. The zero-order valence-corrected chi connectivity index (χ0v) is 14.6. The van der Waals surface area contributed by atoms with E-state index >= 15 is 0 Å². The van der Waals surface area contributed by atoms with Crippen LogP contribution in [0.25, 0.3) is 10.8 Å². The second-order valence-corrected chi connectivity index (χ2v) is 7.37. The van der Waals surface area contributed by atoms with Crippen LogP contribution in [0.15, 0.2) is 36.4 Å². The Morgan fingerprint density at radius 3 is 2.58 bits per heavy atom. The Kier molecular flexibility index (Phi) is 4.72. The molecule has 4 rings (SSSR count). The van der Waals surface area contributed by atoms with Crippen LogP contribution in [0.3, 0.4) is 0 Å². The van der Waals surface area contributed by atoms with E-state index in [2.05, 4.69) is 46.6 Å². The molecule has 3 heteroatoms. The lowest BCUT2D eigenvalue weighted by atomic mass is 10.0. The molecule has 2 fully saturated rings. The van der Waals surface area contributed by atoms with E-state index in [1.165, 1.54) is 61.7 Å². The summed E-state index contributed by atoms with van der Waals surface area (Å²) in [6, 6.07) is 13.6. The molecule has 0 bridgehead atoms. The highest BCUT2D eigenvalue weighted by molar-refractivity contribution is 5.87. The summed E-state index contributed by atoms with van der Waals surface area (Å²) < 4.78 is 5.65. The number of nitrogens with zero attached hydrogens (tertiary/aromatic N) is 1. The molecule has 1 aliphatic carbocycles. The third kappa shape index (κ3) is 3.57. The van der Waals surface area contributed by atoms with Gasteiger partial charge in [-0.25, -0.2) is 0 Å². The Morgan fingerprint density at radius 1 is 1.04 bits per heavy atom. The Bertz CT molecular complexity index is 687. The molecular formula is C21H28N2O. The molecule has 3 nitrogen and oxygen atoms in total. The van der Waals surface area contributed by atoms with E-state index in [4.69, 9.17) is 4.74 Å². The van der Waals surface area contributed by atoms with Gasteiger partial charge in [-0.1, -0.05) is 30.3 Å². The van der Waals surface area contributed by atoms with Crippen molar-refractivity contribution in [2.45, 2.75) is 38.3 Å². The zero-order chi connectivity index (χ0) is 16.4. The predicted molar refractivity (Wildman–Crippen MR) is 99.5 cm³/mol. The van der Waals surface area contributed by atoms with Crippen LogP contribution in [-0.2, 0) is 6.54 Å². The molecule has 0 aromatic heterocycles. The lowest BCUT2D eigenvalue weighted by Gasteiger charge is -2.33. The second kappa shape index (κ2) is 7.12. The number of nitrogens with one attached hydrogen (secondary N) is 1. The fourth-order valence-electron chi connectivity index (χ4n) is 3.84. The van der Waals surface area contributed by atoms with Gasteiger partial charge >= 0.3 is 0 Å². The van der Waals surface area contributed by atoms with Gasteiger partial charge in [-0.05, 0) is 68.1 Å². The standard InChI is InChI=1S/C21H28N2O/c1-24-21-9-8-17-4-2-3-5-19(17)20(21)15-23-12-10-18(11-13-23)22-14-16-6-7-16/h2-5,8-9,16,18,22H,6-7,10-15H2,1H3. The van der Waals surface area contributed by atoms with E-state index in [9.17, 15) is 0 Å². The highest BCUT2D eigenvalue weighted by Crippen LogP contribution is 2.30. The summed E-state index contributed by atoms with van der Waals surface area (Å²) in [6.45, 7) is 4.57. The quantitative estimate of drug-likeness (QED) is 0.874. The van der Waals surface area contributed by atoms with E-state index in [0.717, 1.165) is 24.3 Å². The van der Waals surface area contributed by atoms with Gasteiger partial charge in [0.05, 0.1) is 7.11 Å². The molecule has 0 amide bonds. The van der Waals surface area contributed by atoms with Crippen molar-refractivity contribution in [3.8, 4) is 5.75 Å². The van der Waals surface area contributed by atoms with Crippen molar-refractivity contribution < 1.29 is 4.74 Å². The molecular weight excluding hydrogens is 296 g/mol. The number of ether oxygens (including phenoxy) is 1. The van der Waals surface area contributed by atoms with Gasteiger partial charge in [0.15, 0.2) is 0 Å². The van der Waals surface area contributed by atoms with Gasteiger partial charge in [0.2, 0.25) is 0 Å². The van der Waals surface area contributed by atoms with Crippen molar-refractivity contribution in [3.63, 3.8) is 0 Å². The molecule has 2 aliphatic rings. The van der Waals surface area contributed by atoms with Crippen LogP contribution in [0.4, 0.5) is 0 Å². The molecule has 0 unspecified atom stereocenters. The van der Waals surface area contributed by atoms with E-state index < -0.39 is 0 Å². The highest BCUT2D eigenvalue weighted by atomic mass is 16.5. The number of benzene rings is 2. The van der Waals surface area contributed by atoms with Crippen LogP contribution < -0.4 is 10.1 Å². The average molecular weight is 324 g/mol. The van der Waals surface area contributed by atoms with Crippen LogP contribution in [0.5, 0.6) is 5.75 Å².